The number of ether oxygens (including phenoxy) is 3. The summed E-state index contributed by atoms with van der Waals surface area (Å²) in [4.78, 5) is 34.6. The Labute approximate surface area is 239 Å². The third-order valence-electron chi connectivity index (χ3n) is 10.9. The Kier molecular flexibility index (Phi) is 6.54. The van der Waals surface area contributed by atoms with Gasteiger partial charge in [-0.3, -0.25) is 9.59 Å². The summed E-state index contributed by atoms with van der Waals surface area (Å²) in [7, 11) is 3.07. The van der Waals surface area contributed by atoms with Crippen molar-refractivity contribution in [2.24, 2.45) is 34.5 Å². The topological polar surface area (TPSA) is 128 Å². The van der Waals surface area contributed by atoms with Gasteiger partial charge in [0, 0.05) is 22.8 Å². The van der Waals surface area contributed by atoms with E-state index in [-0.39, 0.29) is 41.9 Å². The van der Waals surface area contributed by atoms with Crippen LogP contribution in [0.15, 0.2) is 42.3 Å². The average molecular weight is 563 g/mol. The molecule has 8 atom stereocenters. The van der Waals surface area contributed by atoms with Crippen molar-refractivity contribution in [3.05, 3.63) is 42.3 Å². The Morgan fingerprint density at radius 2 is 1.88 bits per heavy atom. The lowest BCUT2D eigenvalue weighted by atomic mass is 9.46. The number of carbonyl (C=O) groups excluding carboxylic acids is 2. The van der Waals surface area contributed by atoms with Gasteiger partial charge >= 0.3 is 0 Å². The number of aliphatic hydroxyl groups excluding tert-OH is 1. The minimum absolute atomic E-state index is 0.00503. The van der Waals surface area contributed by atoms with Crippen molar-refractivity contribution >= 4 is 22.5 Å². The molecule has 218 valence electrons. The van der Waals surface area contributed by atoms with E-state index in [4.69, 9.17) is 14.2 Å². The minimum Gasteiger partial charge on any atom is -0.493 e. The van der Waals surface area contributed by atoms with E-state index in [1.165, 1.54) is 13.4 Å². The molecule has 0 bridgehead atoms. The fourth-order valence-electron chi connectivity index (χ4n) is 8.97. The molecular weight excluding hydrogens is 524 g/mol. The molecule has 4 aliphatic rings. The number of fused-ring (bicyclic) bond motifs is 6. The van der Waals surface area contributed by atoms with Crippen molar-refractivity contribution in [2.45, 2.75) is 58.2 Å². The van der Waals surface area contributed by atoms with E-state index in [1.54, 1.807) is 31.4 Å². The smallest absolute Gasteiger partial charge is 0.225 e. The van der Waals surface area contributed by atoms with Crippen LogP contribution in [0.25, 0.3) is 10.9 Å². The summed E-state index contributed by atoms with van der Waals surface area (Å²) in [5.74, 6) is 0.534. The molecule has 2 N–H and O–H groups in total. The number of rotatable bonds is 6. The maximum Gasteiger partial charge on any atom is 0.225 e. The van der Waals surface area contributed by atoms with Crippen LogP contribution in [-0.2, 0) is 9.59 Å². The van der Waals surface area contributed by atoms with Crippen molar-refractivity contribution in [2.75, 3.05) is 20.8 Å². The van der Waals surface area contributed by atoms with Crippen LogP contribution >= 0.6 is 0 Å². The fraction of sp³-hybridized carbons (Fsp3) is 0.562. The van der Waals surface area contributed by atoms with Crippen molar-refractivity contribution in [3.8, 4) is 17.4 Å². The molecular formula is C32H38N2O7. The summed E-state index contributed by atoms with van der Waals surface area (Å²) in [6.45, 7) is 5.63. The number of allylic oxidation sites excluding steroid dienone is 4. The van der Waals surface area contributed by atoms with Gasteiger partial charge in [0.1, 0.15) is 11.9 Å². The Hall–Kier alpha value is -3.30. The second kappa shape index (κ2) is 9.63. The zero-order valence-corrected chi connectivity index (χ0v) is 24.2. The minimum atomic E-state index is -1.68. The number of ketones is 2. The summed E-state index contributed by atoms with van der Waals surface area (Å²) in [5.41, 5.74) is -1.27. The SMILES string of the molecule is COc1cc2ncnc(OCC(=O)[C@@]3(O)[C@H](C)CC4C5CCC6=CC(=O)C=CC6(C)C5C(O)CC43C)c2cc1OC. The molecule has 0 saturated heterocycles. The van der Waals surface area contributed by atoms with Gasteiger partial charge in [-0.1, -0.05) is 32.4 Å². The first-order chi connectivity index (χ1) is 19.5. The molecule has 6 unspecified atom stereocenters. The fourth-order valence-corrected chi connectivity index (χ4v) is 8.97. The number of Topliss-reactive ketones (excluding diaryl/α,β-unsaturated/α-hetero) is 1. The van der Waals surface area contributed by atoms with Gasteiger partial charge in [-0.2, -0.15) is 0 Å². The second-order valence-corrected chi connectivity index (χ2v) is 12.7. The van der Waals surface area contributed by atoms with E-state index in [2.05, 4.69) is 16.9 Å². The highest BCUT2D eigenvalue weighted by Crippen LogP contribution is 2.68. The van der Waals surface area contributed by atoms with Crippen molar-refractivity contribution in [3.63, 3.8) is 0 Å². The van der Waals surface area contributed by atoms with Gasteiger partial charge in [0.15, 0.2) is 23.9 Å². The third kappa shape index (κ3) is 3.88. The van der Waals surface area contributed by atoms with Crippen LogP contribution in [0.1, 0.15) is 46.5 Å². The monoisotopic (exact) mass is 562 g/mol. The molecule has 3 fully saturated rings. The standard InChI is InChI=1S/C32H38N2O7/c1-17-10-22-20-7-6-18-11-19(35)8-9-30(18,2)28(20)24(36)14-31(22,3)32(17,38)27(37)15-41-29-21-12-25(39-4)26(40-5)13-23(21)33-16-34-29/h8-9,11-13,16-17,20,22,24,28,36,38H,6-7,10,14-15H2,1-5H3/t17-,20?,22?,24?,28?,30?,31?,32+/m1/s1. The molecule has 6 rings (SSSR count). The Bertz CT molecular complexity index is 1490. The number of aliphatic hydroxyl groups is 2. The van der Waals surface area contributed by atoms with Gasteiger partial charge in [-0.25, -0.2) is 9.97 Å². The highest BCUT2D eigenvalue weighted by molar-refractivity contribution is 6.01. The number of hydrogen-bond donors (Lipinski definition) is 2. The molecule has 9 heteroatoms. The number of benzene rings is 1. The highest BCUT2D eigenvalue weighted by atomic mass is 16.5. The largest absolute Gasteiger partial charge is 0.493 e. The van der Waals surface area contributed by atoms with Gasteiger partial charge in [0.05, 0.1) is 31.2 Å². The van der Waals surface area contributed by atoms with Crippen LogP contribution in [0.3, 0.4) is 0 Å². The lowest BCUT2D eigenvalue weighted by molar-refractivity contribution is -0.183. The highest BCUT2D eigenvalue weighted by Gasteiger charge is 2.70. The van der Waals surface area contributed by atoms with Crippen molar-refractivity contribution in [1.82, 2.24) is 9.97 Å². The maximum atomic E-state index is 14.0. The molecule has 0 amide bonds. The van der Waals surface area contributed by atoms with Crippen LogP contribution in [0.5, 0.6) is 17.4 Å². The third-order valence-corrected chi connectivity index (χ3v) is 10.9. The molecule has 4 aliphatic carbocycles. The molecule has 0 aliphatic heterocycles. The summed E-state index contributed by atoms with van der Waals surface area (Å²) in [6, 6.07) is 3.42. The molecule has 3 saturated carbocycles. The summed E-state index contributed by atoms with van der Waals surface area (Å²) in [6.07, 6.45) is 8.50. The van der Waals surface area contributed by atoms with E-state index in [0.29, 0.717) is 35.2 Å². The van der Waals surface area contributed by atoms with Crippen molar-refractivity contribution < 1.29 is 34.0 Å². The van der Waals surface area contributed by atoms with Crippen molar-refractivity contribution in [1.29, 1.82) is 0 Å². The Balaban J connectivity index is 1.28. The first-order valence-electron chi connectivity index (χ1n) is 14.4. The summed E-state index contributed by atoms with van der Waals surface area (Å²) < 4.78 is 16.8. The number of methoxy groups -OCH3 is 2. The molecule has 0 radical (unpaired) electrons. The summed E-state index contributed by atoms with van der Waals surface area (Å²) >= 11 is 0. The number of carbonyl (C=O) groups is 2. The van der Waals surface area contributed by atoms with E-state index >= 15 is 0 Å². The van der Waals surface area contributed by atoms with Crippen LogP contribution in [0, 0.1) is 34.5 Å². The average Bonchev–Trinajstić information content (AvgIpc) is 3.16. The molecule has 1 aromatic carbocycles. The quantitative estimate of drug-likeness (QED) is 0.539. The van der Waals surface area contributed by atoms with Gasteiger partial charge < -0.3 is 24.4 Å². The predicted octanol–water partition coefficient (Wildman–Crippen LogP) is 3.85. The van der Waals surface area contributed by atoms with E-state index < -0.39 is 28.3 Å². The molecule has 0 spiro atoms. The van der Waals surface area contributed by atoms with E-state index in [9.17, 15) is 19.8 Å². The van der Waals surface area contributed by atoms with Gasteiger partial charge in [0.2, 0.25) is 11.7 Å². The normalized spacial score (nSPS) is 37.6. The first kappa shape index (κ1) is 27.8. The molecule has 1 aromatic heterocycles. The van der Waals surface area contributed by atoms with Crippen LogP contribution in [0.4, 0.5) is 0 Å². The van der Waals surface area contributed by atoms with Gasteiger partial charge in [-0.05, 0) is 61.7 Å². The zero-order valence-electron chi connectivity index (χ0n) is 24.2. The van der Waals surface area contributed by atoms with E-state index in [0.717, 1.165) is 18.4 Å². The Morgan fingerprint density at radius 1 is 1.15 bits per heavy atom. The predicted molar refractivity (Wildman–Crippen MR) is 151 cm³/mol. The Morgan fingerprint density at radius 3 is 2.61 bits per heavy atom. The summed E-state index contributed by atoms with van der Waals surface area (Å²) in [5, 5.41) is 24.5. The maximum absolute atomic E-state index is 14.0. The van der Waals surface area contributed by atoms with Crippen LogP contribution < -0.4 is 14.2 Å². The van der Waals surface area contributed by atoms with Gasteiger partial charge in [-0.15, -0.1) is 0 Å². The van der Waals surface area contributed by atoms with Crippen LogP contribution in [-0.4, -0.2) is 64.3 Å². The van der Waals surface area contributed by atoms with Crippen LogP contribution in [0.2, 0.25) is 0 Å². The zero-order chi connectivity index (χ0) is 29.3. The number of nitrogens with zero attached hydrogens (tertiary/aromatic N) is 2. The lowest BCUT2D eigenvalue weighted by Crippen LogP contribution is -2.63. The molecule has 9 nitrogen and oxygen atoms in total. The van der Waals surface area contributed by atoms with Gasteiger partial charge in [0.25, 0.3) is 0 Å². The van der Waals surface area contributed by atoms with E-state index in [1.807, 2.05) is 19.9 Å². The molecule has 41 heavy (non-hydrogen) atoms. The second-order valence-electron chi connectivity index (χ2n) is 12.7. The number of aromatic nitrogens is 2. The molecule has 2 aromatic rings. The first-order valence-corrected chi connectivity index (χ1v) is 14.4. The molecule has 1 heterocycles. The number of hydrogen-bond acceptors (Lipinski definition) is 9. The lowest BCUT2D eigenvalue weighted by Gasteiger charge is -2.59.